The van der Waals surface area contributed by atoms with Gasteiger partial charge in [-0.25, -0.2) is 0 Å². The van der Waals surface area contributed by atoms with Crippen LogP contribution in [-0.4, -0.2) is 23.7 Å². The number of halogens is 1. The summed E-state index contributed by atoms with van der Waals surface area (Å²) >= 11 is 7.52. The Morgan fingerprint density at radius 2 is 1.96 bits per heavy atom. The number of thiazole rings is 1. The Bertz CT molecular complexity index is 1100. The molecule has 4 rings (SSSR count). The number of carbonyl (C=O) groups excluding carboxylic acids is 1. The zero-order valence-corrected chi connectivity index (χ0v) is 15.5. The normalized spacial score (nSPS) is 14.3. The molecular weight excluding hydrogens is 372 g/mol. The Balaban J connectivity index is 1.68. The average molecular weight is 387 g/mol. The van der Waals surface area contributed by atoms with Gasteiger partial charge in [-0.2, -0.15) is 4.99 Å². The molecule has 1 amide bonds. The van der Waals surface area contributed by atoms with Gasteiger partial charge in [-0.05, 0) is 17.7 Å². The lowest BCUT2D eigenvalue weighted by Crippen LogP contribution is -2.15. The van der Waals surface area contributed by atoms with Crippen LogP contribution in [0.2, 0.25) is 5.02 Å². The lowest BCUT2D eigenvalue weighted by molar-refractivity contribution is -0.113. The zero-order valence-electron chi connectivity index (χ0n) is 13.9. The van der Waals surface area contributed by atoms with Crippen molar-refractivity contribution in [1.29, 1.82) is 0 Å². The Labute approximate surface area is 158 Å². The summed E-state index contributed by atoms with van der Waals surface area (Å²) in [6, 6.07) is 11.2. The summed E-state index contributed by atoms with van der Waals surface area (Å²) in [6.45, 7) is 1.08. The van der Waals surface area contributed by atoms with Gasteiger partial charge in [0.15, 0.2) is 16.3 Å². The average Bonchev–Trinajstić information content (AvgIpc) is 2.94. The molecule has 0 bridgehead atoms. The fraction of sp³-hybridized carbons (Fsp3) is 0.158. The summed E-state index contributed by atoms with van der Waals surface area (Å²) in [4.78, 5) is 17.0. The van der Waals surface area contributed by atoms with Gasteiger partial charge < -0.3 is 14.0 Å². The van der Waals surface area contributed by atoms with Crippen molar-refractivity contribution in [3.05, 3.63) is 57.9 Å². The number of hydrogen-bond donors (Lipinski definition) is 0. The summed E-state index contributed by atoms with van der Waals surface area (Å²) in [6.07, 6.45) is 3.09. The van der Waals surface area contributed by atoms with Gasteiger partial charge in [0.1, 0.15) is 13.2 Å². The number of hydrogen-bond acceptors (Lipinski definition) is 4. The SMILES string of the molecule is Cn1c(=NC(=O)/C=C/c2ccccc2Cl)sc2cc3c(cc21)OCCO3. The van der Waals surface area contributed by atoms with Crippen LogP contribution in [0, 0.1) is 0 Å². The highest BCUT2D eigenvalue weighted by Gasteiger charge is 2.15. The van der Waals surface area contributed by atoms with E-state index in [-0.39, 0.29) is 5.91 Å². The molecular formula is C19H15ClN2O3S. The van der Waals surface area contributed by atoms with E-state index in [0.717, 1.165) is 21.5 Å². The number of amides is 1. The second kappa shape index (κ2) is 6.97. The maximum absolute atomic E-state index is 12.2. The lowest BCUT2D eigenvalue weighted by Gasteiger charge is -2.18. The van der Waals surface area contributed by atoms with Gasteiger partial charge >= 0.3 is 0 Å². The van der Waals surface area contributed by atoms with Gasteiger partial charge in [-0.15, -0.1) is 0 Å². The minimum atomic E-state index is -0.343. The van der Waals surface area contributed by atoms with E-state index in [1.54, 1.807) is 12.1 Å². The smallest absolute Gasteiger partial charge is 0.272 e. The monoisotopic (exact) mass is 386 g/mol. The highest BCUT2D eigenvalue weighted by molar-refractivity contribution is 7.16. The second-order valence-electron chi connectivity index (χ2n) is 5.71. The molecule has 132 valence electrons. The maximum atomic E-state index is 12.2. The van der Waals surface area contributed by atoms with Gasteiger partial charge in [0.2, 0.25) is 0 Å². The third-order valence-corrected chi connectivity index (χ3v) is 5.43. The van der Waals surface area contributed by atoms with Crippen molar-refractivity contribution in [1.82, 2.24) is 4.57 Å². The van der Waals surface area contributed by atoms with E-state index in [1.807, 2.05) is 41.9 Å². The van der Waals surface area contributed by atoms with Gasteiger partial charge in [0.05, 0.1) is 10.2 Å². The summed E-state index contributed by atoms with van der Waals surface area (Å²) in [5, 5.41) is 0.592. The first-order valence-electron chi connectivity index (χ1n) is 8.02. The molecule has 1 aliphatic heterocycles. The first-order valence-corrected chi connectivity index (χ1v) is 9.22. The molecule has 1 aromatic heterocycles. The summed E-state index contributed by atoms with van der Waals surface area (Å²) in [5.41, 5.74) is 1.72. The van der Waals surface area contributed by atoms with Crippen molar-refractivity contribution in [3.8, 4) is 11.5 Å². The van der Waals surface area contributed by atoms with E-state index < -0.39 is 0 Å². The summed E-state index contributed by atoms with van der Waals surface area (Å²) in [5.74, 6) is 1.10. The minimum absolute atomic E-state index is 0.343. The molecule has 0 saturated heterocycles. The van der Waals surface area contributed by atoms with Crippen LogP contribution in [0.4, 0.5) is 0 Å². The number of nitrogens with zero attached hydrogens (tertiary/aromatic N) is 2. The highest BCUT2D eigenvalue weighted by atomic mass is 35.5. The van der Waals surface area contributed by atoms with Crippen LogP contribution in [0.1, 0.15) is 5.56 Å². The van der Waals surface area contributed by atoms with E-state index >= 15 is 0 Å². The predicted octanol–water partition coefficient (Wildman–Crippen LogP) is 3.81. The number of rotatable bonds is 2. The fourth-order valence-electron chi connectivity index (χ4n) is 2.67. The molecule has 0 radical (unpaired) electrons. The molecule has 0 fully saturated rings. The fourth-order valence-corrected chi connectivity index (χ4v) is 3.91. The molecule has 5 nitrogen and oxygen atoms in total. The summed E-state index contributed by atoms with van der Waals surface area (Å²) < 4.78 is 14.1. The maximum Gasteiger partial charge on any atom is 0.272 e. The number of ether oxygens (including phenoxy) is 2. The number of fused-ring (bicyclic) bond motifs is 2. The third kappa shape index (κ3) is 3.25. The van der Waals surface area contributed by atoms with E-state index in [4.69, 9.17) is 21.1 Å². The molecule has 2 aromatic carbocycles. The van der Waals surface area contributed by atoms with Crippen molar-refractivity contribution >= 4 is 45.1 Å². The van der Waals surface area contributed by atoms with Crippen molar-refractivity contribution in [2.75, 3.05) is 13.2 Å². The van der Waals surface area contributed by atoms with Crippen molar-refractivity contribution < 1.29 is 14.3 Å². The Morgan fingerprint density at radius 1 is 1.23 bits per heavy atom. The molecule has 0 atom stereocenters. The van der Waals surface area contributed by atoms with Crippen LogP contribution in [0.3, 0.4) is 0 Å². The second-order valence-corrected chi connectivity index (χ2v) is 7.13. The summed E-state index contributed by atoms with van der Waals surface area (Å²) in [7, 11) is 1.87. The van der Waals surface area contributed by atoms with Gasteiger partial charge in [-0.1, -0.05) is 41.1 Å². The van der Waals surface area contributed by atoms with E-state index in [0.29, 0.717) is 28.8 Å². The van der Waals surface area contributed by atoms with Gasteiger partial charge in [0.25, 0.3) is 5.91 Å². The molecule has 3 aromatic rings. The molecule has 0 saturated carbocycles. The number of aryl methyl sites for hydroxylation is 1. The molecule has 0 unspecified atom stereocenters. The van der Waals surface area contributed by atoms with Crippen LogP contribution >= 0.6 is 22.9 Å². The molecule has 0 aliphatic carbocycles. The molecule has 0 spiro atoms. The largest absolute Gasteiger partial charge is 0.486 e. The van der Waals surface area contributed by atoms with E-state index in [2.05, 4.69) is 4.99 Å². The van der Waals surface area contributed by atoms with Crippen molar-refractivity contribution in [3.63, 3.8) is 0 Å². The number of benzene rings is 2. The molecule has 7 heteroatoms. The highest BCUT2D eigenvalue weighted by Crippen LogP contribution is 2.35. The topological polar surface area (TPSA) is 52.8 Å². The minimum Gasteiger partial charge on any atom is -0.486 e. The van der Waals surface area contributed by atoms with Crippen molar-refractivity contribution in [2.45, 2.75) is 0 Å². The van der Waals surface area contributed by atoms with Crippen LogP contribution in [-0.2, 0) is 11.8 Å². The van der Waals surface area contributed by atoms with E-state index in [1.165, 1.54) is 17.4 Å². The first kappa shape index (κ1) is 16.9. The standard InChI is InChI=1S/C19H15ClN2O3S/c1-22-14-10-15-16(25-9-8-24-15)11-17(14)26-19(22)21-18(23)7-6-12-4-2-3-5-13(12)20/h2-7,10-11H,8-9H2,1H3/b7-6+,21-19?. The number of carbonyl (C=O) groups is 1. The predicted molar refractivity (Wildman–Crippen MR) is 103 cm³/mol. The molecule has 1 aliphatic rings. The third-order valence-electron chi connectivity index (χ3n) is 3.99. The van der Waals surface area contributed by atoms with Crippen LogP contribution in [0.15, 0.2) is 47.5 Å². The van der Waals surface area contributed by atoms with Gasteiger partial charge in [-0.3, -0.25) is 4.79 Å². The Morgan fingerprint density at radius 3 is 2.73 bits per heavy atom. The van der Waals surface area contributed by atoms with Crippen LogP contribution in [0.5, 0.6) is 11.5 Å². The zero-order chi connectivity index (χ0) is 18.1. The molecule has 26 heavy (non-hydrogen) atoms. The van der Waals surface area contributed by atoms with Gasteiger partial charge in [0, 0.05) is 30.3 Å². The number of aromatic nitrogens is 1. The Hall–Kier alpha value is -2.57. The van der Waals surface area contributed by atoms with Crippen LogP contribution in [0.25, 0.3) is 16.3 Å². The van der Waals surface area contributed by atoms with Crippen LogP contribution < -0.4 is 14.3 Å². The lowest BCUT2D eigenvalue weighted by atomic mass is 10.2. The van der Waals surface area contributed by atoms with Crippen molar-refractivity contribution in [2.24, 2.45) is 12.0 Å². The van der Waals surface area contributed by atoms with E-state index in [9.17, 15) is 4.79 Å². The molecule has 0 N–H and O–H groups in total. The Kier molecular flexibility index (Phi) is 4.53. The first-order chi connectivity index (χ1) is 12.6. The quantitative estimate of drug-likeness (QED) is 0.629. The molecule has 2 heterocycles.